The predicted molar refractivity (Wildman–Crippen MR) is 79.5 cm³/mol. The Kier molecular flexibility index (Phi) is 4.73. The first-order valence-corrected chi connectivity index (χ1v) is 7.26. The van der Waals surface area contributed by atoms with Crippen molar-refractivity contribution >= 4 is 11.8 Å². The van der Waals surface area contributed by atoms with E-state index in [2.05, 4.69) is 15.3 Å². The van der Waals surface area contributed by atoms with E-state index in [1.807, 2.05) is 27.0 Å². The van der Waals surface area contributed by atoms with Crippen molar-refractivity contribution < 1.29 is 4.39 Å². The molecule has 1 aromatic heterocycles. The lowest BCUT2D eigenvalue weighted by atomic mass is 10.1. The van der Waals surface area contributed by atoms with Gasteiger partial charge >= 0.3 is 0 Å². The van der Waals surface area contributed by atoms with Crippen LogP contribution in [0.3, 0.4) is 0 Å². The molecule has 0 aliphatic carbocycles. The summed E-state index contributed by atoms with van der Waals surface area (Å²) in [6, 6.07) is 3.51. The number of benzene rings is 1. The van der Waals surface area contributed by atoms with E-state index in [1.54, 1.807) is 25.4 Å². The first-order valence-electron chi connectivity index (χ1n) is 6.45. The van der Waals surface area contributed by atoms with Crippen LogP contribution in [0.15, 0.2) is 34.6 Å². The minimum atomic E-state index is -0.184. The molecule has 1 heterocycles. The molecule has 1 atom stereocenters. The molecule has 20 heavy (non-hydrogen) atoms. The Morgan fingerprint density at radius 1 is 1.20 bits per heavy atom. The lowest BCUT2D eigenvalue weighted by molar-refractivity contribution is 0.594. The van der Waals surface area contributed by atoms with Crippen molar-refractivity contribution in [1.82, 2.24) is 15.3 Å². The first kappa shape index (κ1) is 14.9. The second-order valence-electron chi connectivity index (χ2n) is 4.79. The SMILES string of the molecule is CNC(C)c1cc(F)c(C)cc1Sc1ncc(C)cn1. The van der Waals surface area contributed by atoms with E-state index >= 15 is 0 Å². The number of aromatic nitrogens is 2. The Bertz CT molecular complexity index is 599. The summed E-state index contributed by atoms with van der Waals surface area (Å²) in [5.74, 6) is -0.184. The van der Waals surface area contributed by atoms with E-state index in [1.165, 1.54) is 11.8 Å². The third kappa shape index (κ3) is 3.35. The van der Waals surface area contributed by atoms with Gasteiger partial charge in [-0.25, -0.2) is 14.4 Å². The van der Waals surface area contributed by atoms with Crippen LogP contribution in [-0.2, 0) is 0 Å². The largest absolute Gasteiger partial charge is 0.313 e. The van der Waals surface area contributed by atoms with Crippen LogP contribution in [0.2, 0.25) is 0 Å². The summed E-state index contributed by atoms with van der Waals surface area (Å²) in [7, 11) is 1.86. The summed E-state index contributed by atoms with van der Waals surface area (Å²) in [5, 5.41) is 3.81. The van der Waals surface area contributed by atoms with Gasteiger partial charge in [-0.2, -0.15) is 0 Å². The van der Waals surface area contributed by atoms with Crippen molar-refractivity contribution in [3.05, 3.63) is 47.0 Å². The van der Waals surface area contributed by atoms with Crippen LogP contribution in [0.5, 0.6) is 0 Å². The third-order valence-electron chi connectivity index (χ3n) is 3.15. The van der Waals surface area contributed by atoms with Crippen molar-refractivity contribution in [2.45, 2.75) is 36.9 Å². The Morgan fingerprint density at radius 2 is 1.85 bits per heavy atom. The normalized spacial score (nSPS) is 12.4. The van der Waals surface area contributed by atoms with Crippen LogP contribution < -0.4 is 5.32 Å². The van der Waals surface area contributed by atoms with Gasteiger partial charge in [0.25, 0.3) is 0 Å². The van der Waals surface area contributed by atoms with Crippen molar-refractivity contribution in [3.63, 3.8) is 0 Å². The zero-order valence-corrected chi connectivity index (χ0v) is 12.9. The second-order valence-corrected chi connectivity index (χ2v) is 5.80. The van der Waals surface area contributed by atoms with Crippen LogP contribution in [0.4, 0.5) is 4.39 Å². The summed E-state index contributed by atoms with van der Waals surface area (Å²) in [6.45, 7) is 5.72. The monoisotopic (exact) mass is 291 g/mol. The topological polar surface area (TPSA) is 37.8 Å². The quantitative estimate of drug-likeness (QED) is 0.872. The van der Waals surface area contributed by atoms with E-state index in [4.69, 9.17) is 0 Å². The number of rotatable bonds is 4. The molecular weight excluding hydrogens is 273 g/mol. The number of aryl methyl sites for hydroxylation is 2. The van der Waals surface area contributed by atoms with E-state index < -0.39 is 0 Å². The highest BCUT2D eigenvalue weighted by molar-refractivity contribution is 7.99. The molecule has 5 heteroatoms. The summed E-state index contributed by atoms with van der Waals surface area (Å²) in [4.78, 5) is 9.56. The molecule has 0 amide bonds. The lowest BCUT2D eigenvalue weighted by Crippen LogP contribution is -2.14. The summed E-state index contributed by atoms with van der Waals surface area (Å²) in [6.07, 6.45) is 3.57. The minimum Gasteiger partial charge on any atom is -0.313 e. The van der Waals surface area contributed by atoms with Gasteiger partial charge in [-0.1, -0.05) is 0 Å². The van der Waals surface area contributed by atoms with Crippen molar-refractivity contribution in [1.29, 1.82) is 0 Å². The zero-order chi connectivity index (χ0) is 14.7. The minimum absolute atomic E-state index is 0.0676. The molecule has 0 aliphatic rings. The van der Waals surface area contributed by atoms with Gasteiger partial charge in [0.1, 0.15) is 5.82 Å². The van der Waals surface area contributed by atoms with Crippen molar-refractivity contribution in [2.75, 3.05) is 7.05 Å². The van der Waals surface area contributed by atoms with Gasteiger partial charge in [-0.05, 0) is 68.4 Å². The summed E-state index contributed by atoms with van der Waals surface area (Å²) >= 11 is 1.46. The van der Waals surface area contributed by atoms with Gasteiger partial charge < -0.3 is 5.32 Å². The average Bonchev–Trinajstić information content (AvgIpc) is 2.44. The molecule has 2 rings (SSSR count). The zero-order valence-electron chi connectivity index (χ0n) is 12.1. The fourth-order valence-corrected chi connectivity index (χ4v) is 2.78. The summed E-state index contributed by atoms with van der Waals surface area (Å²) in [5.41, 5.74) is 2.57. The number of hydrogen-bond donors (Lipinski definition) is 1. The van der Waals surface area contributed by atoms with Gasteiger partial charge in [-0.15, -0.1) is 0 Å². The predicted octanol–water partition coefficient (Wildman–Crippen LogP) is 3.66. The van der Waals surface area contributed by atoms with E-state index in [0.29, 0.717) is 10.7 Å². The number of halogens is 1. The number of nitrogens with zero attached hydrogens (tertiary/aromatic N) is 2. The maximum absolute atomic E-state index is 13.8. The van der Waals surface area contributed by atoms with Gasteiger partial charge in [0, 0.05) is 23.3 Å². The molecule has 0 spiro atoms. The fourth-order valence-electron chi connectivity index (χ4n) is 1.78. The number of nitrogens with one attached hydrogen (secondary N) is 1. The van der Waals surface area contributed by atoms with Crippen LogP contribution in [0, 0.1) is 19.7 Å². The maximum Gasteiger partial charge on any atom is 0.192 e. The van der Waals surface area contributed by atoms with Gasteiger partial charge in [0.15, 0.2) is 5.16 Å². The van der Waals surface area contributed by atoms with E-state index in [9.17, 15) is 4.39 Å². The molecule has 0 fully saturated rings. The van der Waals surface area contributed by atoms with Crippen LogP contribution >= 0.6 is 11.8 Å². The Morgan fingerprint density at radius 3 is 2.45 bits per heavy atom. The molecule has 0 bridgehead atoms. The molecule has 0 saturated carbocycles. The molecule has 1 unspecified atom stereocenters. The van der Waals surface area contributed by atoms with E-state index in [-0.39, 0.29) is 11.9 Å². The Hall–Kier alpha value is -1.46. The fraction of sp³-hybridized carbons (Fsp3) is 0.333. The maximum atomic E-state index is 13.8. The number of hydrogen-bond acceptors (Lipinski definition) is 4. The third-order valence-corrected chi connectivity index (χ3v) is 4.12. The first-order chi connectivity index (χ1) is 9.51. The van der Waals surface area contributed by atoms with Crippen molar-refractivity contribution in [2.24, 2.45) is 0 Å². The highest BCUT2D eigenvalue weighted by Crippen LogP contribution is 2.33. The average molecular weight is 291 g/mol. The molecule has 0 radical (unpaired) electrons. The van der Waals surface area contributed by atoms with Gasteiger partial charge in [0.2, 0.25) is 0 Å². The molecule has 1 aromatic carbocycles. The van der Waals surface area contributed by atoms with E-state index in [0.717, 1.165) is 16.0 Å². The lowest BCUT2D eigenvalue weighted by Gasteiger charge is -2.16. The molecule has 0 saturated heterocycles. The highest BCUT2D eigenvalue weighted by Gasteiger charge is 2.14. The Balaban J connectivity index is 2.38. The van der Waals surface area contributed by atoms with Gasteiger partial charge in [0.05, 0.1) is 0 Å². The standard InChI is InChI=1S/C15H18FN3S/c1-9-7-18-15(19-8-9)20-14-5-10(2)13(16)6-12(14)11(3)17-4/h5-8,11,17H,1-4H3. The molecular formula is C15H18FN3S. The second kappa shape index (κ2) is 6.33. The molecule has 0 aliphatic heterocycles. The van der Waals surface area contributed by atoms with Crippen LogP contribution in [0.1, 0.15) is 29.7 Å². The molecule has 3 nitrogen and oxygen atoms in total. The van der Waals surface area contributed by atoms with Crippen LogP contribution in [-0.4, -0.2) is 17.0 Å². The molecule has 2 aromatic rings. The highest BCUT2D eigenvalue weighted by atomic mass is 32.2. The van der Waals surface area contributed by atoms with Gasteiger partial charge in [-0.3, -0.25) is 0 Å². The summed E-state index contributed by atoms with van der Waals surface area (Å²) < 4.78 is 13.8. The molecule has 1 N–H and O–H groups in total. The Labute approximate surface area is 123 Å². The van der Waals surface area contributed by atoms with Crippen LogP contribution in [0.25, 0.3) is 0 Å². The smallest absolute Gasteiger partial charge is 0.192 e. The molecule has 106 valence electrons. The van der Waals surface area contributed by atoms with Crippen molar-refractivity contribution in [3.8, 4) is 0 Å².